The van der Waals surface area contributed by atoms with Crippen molar-refractivity contribution in [1.29, 1.82) is 0 Å². The molecule has 0 aliphatic carbocycles. The lowest BCUT2D eigenvalue weighted by Gasteiger charge is -2.30. The Kier molecular flexibility index (Phi) is 7.86. The van der Waals surface area contributed by atoms with Gasteiger partial charge in [-0.15, -0.1) is 0 Å². The van der Waals surface area contributed by atoms with Gasteiger partial charge in [0.15, 0.2) is 23.0 Å². The number of carbonyl (C=O) groups excluding carboxylic acids is 2. The molecule has 2 aromatic rings. The number of aromatic hydroxyl groups is 3. The number of carboxylic acids is 1. The van der Waals surface area contributed by atoms with E-state index in [0.717, 1.165) is 25.3 Å². The van der Waals surface area contributed by atoms with Crippen molar-refractivity contribution in [1.82, 2.24) is 0 Å². The van der Waals surface area contributed by atoms with E-state index in [-0.39, 0.29) is 17.1 Å². The Hall–Kier alpha value is -4.25. The molecule has 0 heterocycles. The minimum absolute atomic E-state index is 0.0180. The predicted octanol–water partition coefficient (Wildman–Crippen LogP) is 0.968. The molecule has 0 amide bonds. The summed E-state index contributed by atoms with van der Waals surface area (Å²) in [4.78, 5) is 36.4. The average molecular weight is 462 g/mol. The van der Waals surface area contributed by atoms with E-state index in [1.807, 2.05) is 0 Å². The molecule has 2 aromatic carbocycles. The monoisotopic (exact) mass is 462 g/mol. The molecule has 0 unspecified atom stereocenters. The lowest BCUT2D eigenvalue weighted by molar-refractivity contribution is -0.193. The van der Waals surface area contributed by atoms with Crippen molar-refractivity contribution < 1.29 is 54.1 Å². The number of carboxylic acid groups (broad SMARTS) is 1. The fourth-order valence-corrected chi connectivity index (χ4v) is 2.85. The summed E-state index contributed by atoms with van der Waals surface area (Å²) in [5.74, 6) is -5.49. The van der Waals surface area contributed by atoms with Crippen molar-refractivity contribution in [2.75, 3.05) is 14.2 Å². The molecule has 5 N–H and O–H groups in total. The summed E-state index contributed by atoms with van der Waals surface area (Å²) in [7, 11) is 2.27. The molecule has 11 heteroatoms. The molecule has 0 aliphatic rings. The van der Waals surface area contributed by atoms with Crippen LogP contribution < -0.4 is 4.74 Å². The highest BCUT2D eigenvalue weighted by Gasteiger charge is 2.52. The molecule has 2 atom stereocenters. The van der Waals surface area contributed by atoms with Gasteiger partial charge in [0.2, 0.25) is 11.7 Å². The molecule has 2 rings (SSSR count). The maximum Gasteiger partial charge on any atom is 0.350 e. The largest absolute Gasteiger partial charge is 0.504 e. The number of phenols is 3. The van der Waals surface area contributed by atoms with E-state index in [1.165, 1.54) is 37.5 Å². The highest BCUT2D eigenvalue weighted by molar-refractivity contribution is 5.93. The van der Waals surface area contributed by atoms with Crippen LogP contribution in [0.2, 0.25) is 0 Å². The molecule has 0 spiro atoms. The second-order valence-corrected chi connectivity index (χ2v) is 6.83. The van der Waals surface area contributed by atoms with E-state index in [2.05, 4.69) is 4.74 Å². The molecule has 0 saturated carbocycles. The highest BCUT2D eigenvalue weighted by Crippen LogP contribution is 2.29. The molecule has 33 heavy (non-hydrogen) atoms. The van der Waals surface area contributed by atoms with Crippen LogP contribution in [0.1, 0.15) is 11.1 Å². The molecule has 0 saturated heterocycles. The fourth-order valence-electron chi connectivity index (χ4n) is 2.85. The molecular weight excluding hydrogens is 440 g/mol. The number of hydrogen-bond acceptors (Lipinski definition) is 10. The fraction of sp³-hybridized carbons (Fsp3) is 0.227. The minimum atomic E-state index is -2.97. The van der Waals surface area contributed by atoms with Crippen LogP contribution in [0.4, 0.5) is 0 Å². The van der Waals surface area contributed by atoms with Crippen LogP contribution in [0.3, 0.4) is 0 Å². The topological polar surface area (TPSA) is 180 Å². The number of rotatable bonds is 9. The summed E-state index contributed by atoms with van der Waals surface area (Å²) in [5.41, 5.74) is -2.60. The van der Waals surface area contributed by atoms with Crippen molar-refractivity contribution in [3.8, 4) is 23.0 Å². The lowest BCUT2D eigenvalue weighted by Crippen LogP contribution is -2.57. The normalized spacial score (nSPS) is 13.7. The van der Waals surface area contributed by atoms with Gasteiger partial charge in [-0.2, -0.15) is 0 Å². The first kappa shape index (κ1) is 25.0. The summed E-state index contributed by atoms with van der Waals surface area (Å²) in [6, 6.07) is 7.47. The van der Waals surface area contributed by atoms with Gasteiger partial charge >= 0.3 is 17.9 Å². The molecule has 0 fully saturated rings. The van der Waals surface area contributed by atoms with Crippen molar-refractivity contribution in [2.24, 2.45) is 0 Å². The maximum atomic E-state index is 12.3. The zero-order valence-electron chi connectivity index (χ0n) is 17.6. The van der Waals surface area contributed by atoms with Gasteiger partial charge in [0, 0.05) is 12.5 Å². The Labute approximate surface area is 187 Å². The second-order valence-electron chi connectivity index (χ2n) is 6.83. The van der Waals surface area contributed by atoms with E-state index in [1.54, 1.807) is 0 Å². The zero-order chi connectivity index (χ0) is 24.8. The number of esters is 2. The molecule has 11 nitrogen and oxygen atoms in total. The van der Waals surface area contributed by atoms with Gasteiger partial charge in [0.25, 0.3) is 0 Å². The van der Waals surface area contributed by atoms with E-state index in [0.29, 0.717) is 5.56 Å². The van der Waals surface area contributed by atoms with Gasteiger partial charge in [-0.3, -0.25) is 0 Å². The third-order valence-corrected chi connectivity index (χ3v) is 4.58. The number of phenolic OH excluding ortho intramolecular Hbond substituents is 3. The molecular formula is C22H22O11. The van der Waals surface area contributed by atoms with Gasteiger partial charge in [-0.25, -0.2) is 14.4 Å². The van der Waals surface area contributed by atoms with Crippen molar-refractivity contribution >= 4 is 24.0 Å². The summed E-state index contributed by atoms with van der Waals surface area (Å²) in [6.45, 7) is 0. The SMILES string of the molecule is COC(=O)[C@@H](OC(=O)/C=C/c1ccc(OC)c(O)c1)[C@](O)(Cc1ccc(O)c(O)c1)C(=O)O. The first-order valence-corrected chi connectivity index (χ1v) is 9.32. The quantitative estimate of drug-likeness (QED) is 0.203. The number of hydrogen-bond donors (Lipinski definition) is 5. The maximum absolute atomic E-state index is 12.3. The van der Waals surface area contributed by atoms with Crippen molar-refractivity contribution in [3.05, 3.63) is 53.6 Å². The standard InChI is InChI=1S/C22H22O11/c1-31-17-7-4-12(9-16(17)25)5-8-18(26)33-19(20(27)32-2)22(30,21(28)29)11-13-3-6-14(23)15(24)10-13/h3-10,19,23-25,30H,11H2,1-2H3,(H,28,29)/b8-5+/t19-,22-/m1/s1. The molecule has 0 bridgehead atoms. The van der Waals surface area contributed by atoms with E-state index in [9.17, 15) is 39.9 Å². The van der Waals surface area contributed by atoms with Crippen molar-refractivity contribution in [3.63, 3.8) is 0 Å². The number of aliphatic carboxylic acids is 1. The van der Waals surface area contributed by atoms with E-state index in [4.69, 9.17) is 9.47 Å². The first-order valence-electron chi connectivity index (χ1n) is 9.32. The van der Waals surface area contributed by atoms with E-state index < -0.39 is 47.5 Å². The summed E-state index contributed by atoms with van der Waals surface area (Å²) < 4.78 is 14.3. The number of carbonyl (C=O) groups is 3. The number of benzene rings is 2. The van der Waals surface area contributed by atoms with Gasteiger partial charge < -0.3 is 39.7 Å². The lowest BCUT2D eigenvalue weighted by atomic mass is 9.88. The Morgan fingerprint density at radius 2 is 1.70 bits per heavy atom. The Balaban J connectivity index is 2.30. The summed E-state index contributed by atoms with van der Waals surface area (Å²) >= 11 is 0. The molecule has 0 aliphatic heterocycles. The smallest absolute Gasteiger partial charge is 0.350 e. The third-order valence-electron chi connectivity index (χ3n) is 4.58. The Bertz CT molecular complexity index is 1080. The minimum Gasteiger partial charge on any atom is -0.504 e. The van der Waals surface area contributed by atoms with Gasteiger partial charge in [-0.05, 0) is 41.5 Å². The van der Waals surface area contributed by atoms with Crippen LogP contribution in [-0.2, 0) is 30.3 Å². The summed E-state index contributed by atoms with van der Waals surface area (Å²) in [6.07, 6.45) is -0.990. The number of aliphatic hydroxyl groups is 1. The average Bonchev–Trinajstić information content (AvgIpc) is 2.77. The van der Waals surface area contributed by atoms with Crippen LogP contribution in [0.5, 0.6) is 23.0 Å². The van der Waals surface area contributed by atoms with Crippen LogP contribution >= 0.6 is 0 Å². The van der Waals surface area contributed by atoms with Crippen LogP contribution in [0.25, 0.3) is 6.08 Å². The van der Waals surface area contributed by atoms with Gasteiger partial charge in [0.05, 0.1) is 14.2 Å². The van der Waals surface area contributed by atoms with Gasteiger partial charge in [0.1, 0.15) is 0 Å². The Morgan fingerprint density at radius 3 is 2.24 bits per heavy atom. The van der Waals surface area contributed by atoms with Crippen molar-refractivity contribution in [2.45, 2.75) is 18.1 Å². The first-order chi connectivity index (χ1) is 15.5. The Morgan fingerprint density at radius 1 is 1.00 bits per heavy atom. The predicted molar refractivity (Wildman–Crippen MR) is 112 cm³/mol. The number of methoxy groups -OCH3 is 2. The molecule has 0 radical (unpaired) electrons. The number of ether oxygens (including phenoxy) is 3. The molecule has 176 valence electrons. The molecule has 0 aromatic heterocycles. The highest BCUT2D eigenvalue weighted by atomic mass is 16.6. The summed E-state index contributed by atoms with van der Waals surface area (Å²) in [5, 5.41) is 49.2. The van der Waals surface area contributed by atoms with E-state index >= 15 is 0 Å². The van der Waals surface area contributed by atoms with Crippen LogP contribution in [-0.4, -0.2) is 69.4 Å². The third kappa shape index (κ3) is 5.92. The van der Waals surface area contributed by atoms with Crippen LogP contribution in [0, 0.1) is 0 Å². The second kappa shape index (κ2) is 10.4. The van der Waals surface area contributed by atoms with Crippen LogP contribution in [0.15, 0.2) is 42.5 Å². The zero-order valence-corrected chi connectivity index (χ0v) is 17.6. The van der Waals surface area contributed by atoms with Gasteiger partial charge in [-0.1, -0.05) is 12.1 Å².